The minimum Gasteiger partial charge on any atom is -0.489 e. The zero-order valence-corrected chi connectivity index (χ0v) is 19.9. The Morgan fingerprint density at radius 1 is 1.26 bits per heavy atom. The highest BCUT2D eigenvalue weighted by Crippen LogP contribution is 2.33. The van der Waals surface area contributed by atoms with Crippen molar-refractivity contribution in [2.45, 2.75) is 65.3 Å². The van der Waals surface area contributed by atoms with Gasteiger partial charge >= 0.3 is 0 Å². The van der Waals surface area contributed by atoms with E-state index < -0.39 is 5.82 Å². The average Bonchev–Trinajstić information content (AvgIpc) is 3.34. The summed E-state index contributed by atoms with van der Waals surface area (Å²) in [5, 5.41) is 8.11. The normalized spacial score (nSPS) is 19.1. The van der Waals surface area contributed by atoms with E-state index in [0.29, 0.717) is 54.3 Å². The van der Waals surface area contributed by atoms with Crippen LogP contribution in [0.1, 0.15) is 59.2 Å². The number of hydrogen-bond donors (Lipinski definition) is 1. The van der Waals surface area contributed by atoms with Gasteiger partial charge < -0.3 is 15.0 Å². The second-order valence-corrected chi connectivity index (χ2v) is 9.27. The van der Waals surface area contributed by atoms with Crippen LogP contribution < -0.4 is 10.1 Å². The molecule has 1 N–H and O–H groups in total. The van der Waals surface area contributed by atoms with Gasteiger partial charge in [0.25, 0.3) is 5.91 Å². The number of hydrogen-bond acceptors (Lipinski definition) is 5. The van der Waals surface area contributed by atoms with Crippen molar-refractivity contribution < 1.29 is 18.7 Å². The molecule has 0 atom stereocenters. The van der Waals surface area contributed by atoms with Crippen molar-refractivity contribution in [1.82, 2.24) is 24.8 Å². The predicted octanol–water partition coefficient (Wildman–Crippen LogP) is 3.73. The summed E-state index contributed by atoms with van der Waals surface area (Å²) in [6, 6.07) is 4.00. The third-order valence-corrected chi connectivity index (χ3v) is 7.04. The summed E-state index contributed by atoms with van der Waals surface area (Å²) in [5.74, 6) is -0.530. The van der Waals surface area contributed by atoms with Crippen LogP contribution in [0.5, 0.6) is 5.75 Å². The molecule has 3 aromatic rings. The number of benzene rings is 1. The highest BCUT2D eigenvalue weighted by Gasteiger charge is 2.35. The van der Waals surface area contributed by atoms with Crippen LogP contribution in [0, 0.1) is 19.7 Å². The van der Waals surface area contributed by atoms with Gasteiger partial charge in [0.1, 0.15) is 17.7 Å². The van der Waals surface area contributed by atoms with Gasteiger partial charge in [-0.15, -0.1) is 0 Å². The lowest BCUT2D eigenvalue weighted by Crippen LogP contribution is -2.49. The number of amides is 2. The maximum Gasteiger partial charge on any atom is 0.258 e. The molecule has 2 aromatic heterocycles. The van der Waals surface area contributed by atoms with Gasteiger partial charge in [-0.25, -0.2) is 13.9 Å². The van der Waals surface area contributed by atoms with Crippen LogP contribution in [-0.2, 0) is 17.9 Å². The van der Waals surface area contributed by atoms with Crippen LogP contribution in [0.4, 0.5) is 4.39 Å². The van der Waals surface area contributed by atoms with E-state index in [1.54, 1.807) is 16.3 Å². The van der Waals surface area contributed by atoms with Gasteiger partial charge in [-0.05, 0) is 26.0 Å². The van der Waals surface area contributed by atoms with Crippen LogP contribution in [0.15, 0.2) is 18.2 Å². The largest absolute Gasteiger partial charge is 0.489 e. The Morgan fingerprint density at radius 3 is 2.76 bits per heavy atom. The monoisotopic (exact) mass is 485 g/mol. The third kappa shape index (κ3) is 3.87. The molecule has 1 aliphatic heterocycles. The molecule has 1 saturated carbocycles. The average molecular weight is 486 g/mol. The van der Waals surface area contributed by atoms with Crippen LogP contribution in [0.25, 0.3) is 5.65 Å². The Labute approximate surface area is 201 Å². The Hall–Kier alpha value is -3.20. The second kappa shape index (κ2) is 8.54. The molecular formula is C24H25ClFN5O3. The van der Waals surface area contributed by atoms with Gasteiger partial charge in [0.05, 0.1) is 40.8 Å². The molecule has 5 rings (SSSR count). The van der Waals surface area contributed by atoms with E-state index in [2.05, 4.69) is 15.4 Å². The number of fused-ring (bicyclic) bond motifs is 3. The molecule has 1 aromatic carbocycles. The summed E-state index contributed by atoms with van der Waals surface area (Å²) < 4.78 is 21.7. The first-order chi connectivity index (χ1) is 16.2. The first-order valence-corrected chi connectivity index (χ1v) is 11.7. The Kier molecular flexibility index (Phi) is 5.67. The number of carbonyl (C=O) groups excluding carboxylic acids is 2. The topological polar surface area (TPSA) is 88.8 Å². The maximum absolute atomic E-state index is 14.0. The Balaban J connectivity index is 1.33. The summed E-state index contributed by atoms with van der Waals surface area (Å²) in [5.41, 5.74) is 4.16. The van der Waals surface area contributed by atoms with E-state index in [0.717, 1.165) is 17.0 Å². The first kappa shape index (κ1) is 22.6. The number of nitrogens with one attached hydrogen (secondary N) is 1. The van der Waals surface area contributed by atoms with Crippen molar-refractivity contribution in [1.29, 1.82) is 0 Å². The summed E-state index contributed by atoms with van der Waals surface area (Å²) in [4.78, 5) is 31.2. The fraction of sp³-hybridized carbons (Fsp3) is 0.417. The molecule has 1 fully saturated rings. The van der Waals surface area contributed by atoms with Crippen molar-refractivity contribution in [3.63, 3.8) is 0 Å². The molecule has 8 nitrogen and oxygen atoms in total. The molecule has 0 saturated heterocycles. The van der Waals surface area contributed by atoms with Gasteiger partial charge in [-0.2, -0.15) is 5.10 Å². The number of aryl methyl sites for hydroxylation is 2. The van der Waals surface area contributed by atoms with Gasteiger partial charge in [0, 0.05) is 36.9 Å². The molecule has 178 valence electrons. The molecular weight excluding hydrogens is 461 g/mol. The van der Waals surface area contributed by atoms with Crippen molar-refractivity contribution in [2.24, 2.45) is 0 Å². The number of nitrogens with zero attached hydrogens (tertiary/aromatic N) is 4. The van der Waals surface area contributed by atoms with E-state index >= 15 is 0 Å². The van der Waals surface area contributed by atoms with Crippen LogP contribution >= 0.6 is 11.6 Å². The summed E-state index contributed by atoms with van der Waals surface area (Å²) >= 11 is 6.32. The lowest BCUT2D eigenvalue weighted by Gasteiger charge is -2.36. The van der Waals surface area contributed by atoms with Crippen LogP contribution in [-0.4, -0.2) is 43.5 Å². The minimum atomic E-state index is -0.476. The number of aromatic nitrogens is 3. The minimum absolute atomic E-state index is 0.00745. The number of ether oxygens (including phenoxy) is 1. The molecule has 1 aliphatic carbocycles. The molecule has 2 aliphatic rings. The van der Waals surface area contributed by atoms with E-state index in [1.807, 2.05) is 13.8 Å². The van der Waals surface area contributed by atoms with E-state index in [9.17, 15) is 14.0 Å². The second-order valence-electron chi connectivity index (χ2n) is 8.89. The molecule has 0 bridgehead atoms. The molecule has 0 spiro atoms. The summed E-state index contributed by atoms with van der Waals surface area (Å²) in [6.45, 7) is 6.19. The van der Waals surface area contributed by atoms with Gasteiger partial charge in [-0.3, -0.25) is 9.59 Å². The highest BCUT2D eigenvalue weighted by molar-refractivity contribution is 6.31. The molecule has 0 radical (unpaired) electrons. The SMILES string of the molecule is CCC(=O)N[C@H]1C[C@H](Oc2cc(F)ccc2C(=O)N2Cc3nn4c(C)c(Cl)c(C)nc4c3C2)C1. The summed E-state index contributed by atoms with van der Waals surface area (Å²) in [6.07, 6.45) is 1.48. The van der Waals surface area contributed by atoms with E-state index in [4.69, 9.17) is 16.3 Å². The summed E-state index contributed by atoms with van der Waals surface area (Å²) in [7, 11) is 0. The lowest BCUT2D eigenvalue weighted by atomic mass is 9.89. The molecule has 2 amide bonds. The first-order valence-electron chi connectivity index (χ1n) is 11.3. The van der Waals surface area contributed by atoms with Crippen LogP contribution in [0.3, 0.4) is 0 Å². The zero-order valence-electron chi connectivity index (χ0n) is 19.2. The highest BCUT2D eigenvalue weighted by atomic mass is 35.5. The standard InChI is InChI=1S/C24H25ClFN5O3/c1-4-21(32)28-15-8-16(9-15)34-20-7-14(26)5-6-17(20)24(33)30-10-18-19(11-30)29-31-13(3)22(25)12(2)27-23(18)31/h5-7,15-16H,4,8-11H2,1-3H3,(H,28,32)/t15-,16-. The number of rotatable bonds is 5. The number of carbonyl (C=O) groups is 2. The molecule has 0 unspecified atom stereocenters. The fourth-order valence-electron chi connectivity index (χ4n) is 4.49. The quantitative estimate of drug-likeness (QED) is 0.595. The van der Waals surface area contributed by atoms with Crippen molar-refractivity contribution in [3.8, 4) is 5.75 Å². The molecule has 3 heterocycles. The van der Waals surface area contributed by atoms with Crippen molar-refractivity contribution in [2.75, 3.05) is 0 Å². The van der Waals surface area contributed by atoms with Crippen molar-refractivity contribution in [3.05, 3.63) is 57.2 Å². The fourth-order valence-corrected chi connectivity index (χ4v) is 4.61. The number of halogens is 2. The van der Waals surface area contributed by atoms with Gasteiger partial charge in [0.15, 0.2) is 5.65 Å². The van der Waals surface area contributed by atoms with Gasteiger partial charge in [0.2, 0.25) is 5.91 Å². The maximum atomic E-state index is 14.0. The van der Waals surface area contributed by atoms with Crippen molar-refractivity contribution >= 4 is 29.1 Å². The third-order valence-electron chi connectivity index (χ3n) is 6.49. The van der Waals surface area contributed by atoms with E-state index in [1.165, 1.54) is 18.2 Å². The Morgan fingerprint density at radius 2 is 2.03 bits per heavy atom. The lowest BCUT2D eigenvalue weighted by molar-refractivity contribution is -0.122. The predicted molar refractivity (Wildman–Crippen MR) is 123 cm³/mol. The van der Waals surface area contributed by atoms with E-state index in [-0.39, 0.29) is 29.7 Å². The van der Waals surface area contributed by atoms with Crippen LogP contribution in [0.2, 0.25) is 5.02 Å². The molecule has 34 heavy (non-hydrogen) atoms. The molecule has 10 heteroatoms. The zero-order chi connectivity index (χ0) is 24.1. The Bertz CT molecular complexity index is 1320. The smallest absolute Gasteiger partial charge is 0.258 e. The van der Waals surface area contributed by atoms with Gasteiger partial charge in [-0.1, -0.05) is 18.5 Å².